The molecular weight excluding hydrogens is 495 g/mol. The third-order valence-electron chi connectivity index (χ3n) is 4.36. The third kappa shape index (κ3) is 5.63. The van der Waals surface area contributed by atoms with Gasteiger partial charge in [0.05, 0.1) is 27.5 Å². The molecule has 1 aromatic heterocycles. The Labute approximate surface area is 186 Å². The molecule has 0 aliphatic rings. The molecule has 0 fully saturated rings. The molecule has 0 saturated carbocycles. The summed E-state index contributed by atoms with van der Waals surface area (Å²) in [6, 6.07) is 10.5. The van der Waals surface area contributed by atoms with Gasteiger partial charge < -0.3 is 9.30 Å². The summed E-state index contributed by atoms with van der Waals surface area (Å²) in [6.07, 6.45) is 0.138. The second-order valence-electron chi connectivity index (χ2n) is 6.52. The van der Waals surface area contributed by atoms with Crippen molar-refractivity contribution in [2.24, 2.45) is 4.99 Å². The van der Waals surface area contributed by atoms with Crippen molar-refractivity contribution in [1.29, 1.82) is 0 Å². The monoisotopic (exact) mass is 514 g/mol. The number of hydrogen-bond donors (Lipinski definition) is 0. The molecule has 0 saturated heterocycles. The lowest BCUT2D eigenvalue weighted by molar-refractivity contribution is -0.118. The number of thiazole rings is 1. The first-order chi connectivity index (χ1) is 14.3. The lowest BCUT2D eigenvalue weighted by Gasteiger charge is -2.05. The molecule has 0 aliphatic carbocycles. The number of amides is 1. The van der Waals surface area contributed by atoms with Gasteiger partial charge in [0, 0.05) is 24.5 Å². The average molecular weight is 515 g/mol. The Hall–Kier alpha value is -1.88. The fraction of sp³-hybridized carbons (Fsp3) is 0.300. The number of hydrogen-bond acceptors (Lipinski definition) is 5. The van der Waals surface area contributed by atoms with E-state index >= 15 is 0 Å². The van der Waals surface area contributed by atoms with Gasteiger partial charge in [-0.15, -0.1) is 0 Å². The van der Waals surface area contributed by atoms with Crippen LogP contribution in [0.2, 0.25) is 0 Å². The Bertz CT molecular complexity index is 1220. The third-order valence-corrected chi connectivity index (χ3v) is 7.71. The van der Waals surface area contributed by atoms with E-state index in [2.05, 4.69) is 20.9 Å². The number of methoxy groups -OCH3 is 1. The molecule has 3 aromatic rings. The number of carbonyl (C=O) groups excluding carboxylic acids is 1. The van der Waals surface area contributed by atoms with Crippen LogP contribution >= 0.6 is 27.3 Å². The Morgan fingerprint density at radius 2 is 1.97 bits per heavy atom. The summed E-state index contributed by atoms with van der Waals surface area (Å²) in [4.78, 5) is 17.2. The van der Waals surface area contributed by atoms with Crippen molar-refractivity contribution in [3.63, 3.8) is 0 Å². The van der Waals surface area contributed by atoms with E-state index < -0.39 is 15.7 Å². The lowest BCUT2D eigenvalue weighted by atomic mass is 10.3. The Kier molecular flexibility index (Phi) is 7.56. The summed E-state index contributed by atoms with van der Waals surface area (Å²) in [5.74, 6) is -1.09. The van der Waals surface area contributed by atoms with E-state index in [0.717, 1.165) is 26.8 Å². The smallest absolute Gasteiger partial charge is 0.248 e. The van der Waals surface area contributed by atoms with Gasteiger partial charge in [-0.1, -0.05) is 27.3 Å². The summed E-state index contributed by atoms with van der Waals surface area (Å²) in [5, 5.41) is 0. The second kappa shape index (κ2) is 9.95. The van der Waals surface area contributed by atoms with Crippen molar-refractivity contribution >= 4 is 53.2 Å². The molecule has 1 amide bonds. The van der Waals surface area contributed by atoms with Crippen molar-refractivity contribution in [2.45, 2.75) is 24.3 Å². The van der Waals surface area contributed by atoms with Crippen molar-refractivity contribution in [1.82, 2.24) is 4.57 Å². The SMILES string of the molecule is COCCn1c(=NC(=O)CCCS(=O)(=O)c2ccc(F)cc2)sc2cc(Br)ccc21. The Morgan fingerprint density at radius 3 is 2.67 bits per heavy atom. The van der Waals surface area contributed by atoms with Crippen LogP contribution in [0, 0.1) is 5.82 Å². The molecule has 0 radical (unpaired) electrons. The zero-order valence-electron chi connectivity index (χ0n) is 16.2. The van der Waals surface area contributed by atoms with Crippen LogP contribution in [0.3, 0.4) is 0 Å². The standard InChI is InChI=1S/C20H20BrFN2O4S2/c1-28-11-10-24-17-9-4-14(21)13-18(17)29-20(24)23-19(25)3-2-12-30(26,27)16-7-5-15(22)6-8-16/h4-9,13H,2-3,10-12H2,1H3. The maximum absolute atomic E-state index is 13.0. The van der Waals surface area contributed by atoms with Gasteiger partial charge in [-0.25, -0.2) is 12.8 Å². The van der Waals surface area contributed by atoms with Crippen molar-refractivity contribution in [3.05, 3.63) is 57.6 Å². The number of fused-ring (bicyclic) bond motifs is 1. The molecule has 0 bridgehead atoms. The summed E-state index contributed by atoms with van der Waals surface area (Å²) in [5.41, 5.74) is 0.950. The van der Waals surface area contributed by atoms with Crippen LogP contribution in [0.5, 0.6) is 0 Å². The van der Waals surface area contributed by atoms with Gasteiger partial charge in [0.1, 0.15) is 5.82 Å². The summed E-state index contributed by atoms with van der Waals surface area (Å²) in [6.45, 7) is 1.02. The molecule has 30 heavy (non-hydrogen) atoms. The number of sulfone groups is 1. The number of ether oxygens (including phenoxy) is 1. The van der Waals surface area contributed by atoms with Gasteiger partial charge in [-0.3, -0.25) is 4.79 Å². The first-order valence-electron chi connectivity index (χ1n) is 9.14. The molecule has 2 aromatic carbocycles. The topological polar surface area (TPSA) is 77.7 Å². The molecule has 0 unspecified atom stereocenters. The van der Waals surface area contributed by atoms with Gasteiger partial charge in [-0.2, -0.15) is 4.99 Å². The van der Waals surface area contributed by atoms with Crippen LogP contribution in [-0.2, 0) is 25.9 Å². The zero-order chi connectivity index (χ0) is 21.7. The number of nitrogens with zero attached hydrogens (tertiary/aromatic N) is 2. The normalized spacial score (nSPS) is 12.6. The van der Waals surface area contributed by atoms with Crippen LogP contribution in [0.25, 0.3) is 10.2 Å². The van der Waals surface area contributed by atoms with Crippen molar-refractivity contribution in [3.8, 4) is 0 Å². The highest BCUT2D eigenvalue weighted by molar-refractivity contribution is 9.10. The summed E-state index contributed by atoms with van der Waals surface area (Å²) in [7, 11) is -1.97. The number of halogens is 2. The highest BCUT2D eigenvalue weighted by atomic mass is 79.9. The van der Waals surface area contributed by atoms with E-state index in [0.29, 0.717) is 18.0 Å². The van der Waals surface area contributed by atoms with Crippen molar-refractivity contribution < 1.29 is 22.3 Å². The van der Waals surface area contributed by atoms with E-state index in [9.17, 15) is 17.6 Å². The highest BCUT2D eigenvalue weighted by Crippen LogP contribution is 2.22. The lowest BCUT2D eigenvalue weighted by Crippen LogP contribution is -2.19. The van der Waals surface area contributed by atoms with E-state index in [-0.39, 0.29) is 29.4 Å². The first kappa shape index (κ1) is 22.8. The highest BCUT2D eigenvalue weighted by Gasteiger charge is 2.15. The molecule has 160 valence electrons. The van der Waals surface area contributed by atoms with E-state index in [1.54, 1.807) is 7.11 Å². The largest absolute Gasteiger partial charge is 0.383 e. The minimum Gasteiger partial charge on any atom is -0.383 e. The van der Waals surface area contributed by atoms with Gasteiger partial charge in [0.25, 0.3) is 0 Å². The van der Waals surface area contributed by atoms with Crippen LogP contribution in [0.15, 0.2) is 56.8 Å². The van der Waals surface area contributed by atoms with E-state index in [4.69, 9.17) is 4.74 Å². The summed E-state index contributed by atoms with van der Waals surface area (Å²) >= 11 is 4.83. The maximum Gasteiger partial charge on any atom is 0.248 e. The van der Waals surface area contributed by atoms with Crippen LogP contribution in [0.4, 0.5) is 4.39 Å². The zero-order valence-corrected chi connectivity index (χ0v) is 19.4. The molecule has 1 heterocycles. The van der Waals surface area contributed by atoms with Gasteiger partial charge in [-0.05, 0) is 48.9 Å². The fourth-order valence-electron chi connectivity index (χ4n) is 2.87. The molecule has 3 rings (SSSR count). The van der Waals surface area contributed by atoms with Crippen LogP contribution in [0.1, 0.15) is 12.8 Å². The predicted octanol–water partition coefficient (Wildman–Crippen LogP) is 3.93. The minimum atomic E-state index is -3.58. The molecule has 0 atom stereocenters. The molecule has 6 nitrogen and oxygen atoms in total. The van der Waals surface area contributed by atoms with Crippen LogP contribution < -0.4 is 4.80 Å². The van der Waals surface area contributed by atoms with E-state index in [1.165, 1.54) is 23.5 Å². The number of rotatable bonds is 8. The predicted molar refractivity (Wildman–Crippen MR) is 118 cm³/mol. The number of benzene rings is 2. The summed E-state index contributed by atoms with van der Waals surface area (Å²) < 4.78 is 46.6. The average Bonchev–Trinajstić information content (AvgIpc) is 3.02. The van der Waals surface area contributed by atoms with E-state index in [1.807, 2.05) is 22.8 Å². The van der Waals surface area contributed by atoms with Gasteiger partial charge in [0.2, 0.25) is 5.91 Å². The molecule has 0 N–H and O–H groups in total. The number of carbonyl (C=O) groups is 1. The van der Waals surface area contributed by atoms with Crippen molar-refractivity contribution in [2.75, 3.05) is 19.5 Å². The Balaban J connectivity index is 1.74. The maximum atomic E-state index is 13.0. The first-order valence-corrected chi connectivity index (χ1v) is 12.4. The second-order valence-corrected chi connectivity index (χ2v) is 10.6. The molecule has 10 heteroatoms. The molecule has 0 spiro atoms. The number of aromatic nitrogens is 1. The Morgan fingerprint density at radius 1 is 1.23 bits per heavy atom. The van der Waals surface area contributed by atoms with Gasteiger partial charge >= 0.3 is 0 Å². The molecular formula is C20H20BrFN2O4S2. The van der Waals surface area contributed by atoms with Crippen LogP contribution in [-0.4, -0.2) is 38.4 Å². The fourth-order valence-corrected chi connectivity index (χ4v) is 5.80. The van der Waals surface area contributed by atoms with Gasteiger partial charge in [0.15, 0.2) is 14.6 Å². The minimum absolute atomic E-state index is 0.00262. The quantitative estimate of drug-likeness (QED) is 0.426. The molecule has 0 aliphatic heterocycles.